The molecule has 2 heterocycles. The fourth-order valence-electron chi connectivity index (χ4n) is 11.1. The SMILES string of the molecule is CC(C)(C)c1cc(N2c3ccc(C4CCCCC4)cc3B3c4cc(C5CCCCC5)ccc4N(c4cc(C(C)(C)C)cc(C(C)(C)C)c4)c4cccc2c43)cc(C(C)(C)C)c1. The first-order chi connectivity index (χ1) is 28.8. The number of hydrogen-bond donors (Lipinski definition) is 0. The van der Waals surface area contributed by atoms with Crippen molar-refractivity contribution in [3.63, 3.8) is 0 Å². The standard InChI is InChI=1S/C58H73BN2/c1-55(2,3)42-32-43(56(4,5)6)35-46(34-42)60-50-28-26-40(38-20-15-13-16-21-38)30-48(50)59-49-31-41(39-22-17-14-18-23-39)27-29-51(49)61(53-25-19-24-52(60)54(53)59)47-36-44(57(7,8)9)33-45(37-47)58(10,11)12/h19,24-39H,13-18,20-23H2,1-12H3. The molecule has 0 bridgehead atoms. The summed E-state index contributed by atoms with van der Waals surface area (Å²) in [5.41, 5.74) is 20.9. The van der Waals surface area contributed by atoms with Crippen LogP contribution in [-0.4, -0.2) is 6.71 Å². The van der Waals surface area contributed by atoms with Gasteiger partial charge in [0.05, 0.1) is 0 Å². The second-order valence-electron chi connectivity index (χ2n) is 23.7. The quantitative estimate of drug-likeness (QED) is 0.163. The van der Waals surface area contributed by atoms with E-state index in [-0.39, 0.29) is 28.4 Å². The van der Waals surface area contributed by atoms with Gasteiger partial charge in [-0.25, -0.2) is 0 Å². The van der Waals surface area contributed by atoms with E-state index in [1.165, 1.54) is 137 Å². The number of rotatable bonds is 4. The van der Waals surface area contributed by atoms with Crippen LogP contribution in [0.3, 0.4) is 0 Å². The Morgan fingerprint density at radius 2 is 0.738 bits per heavy atom. The first-order valence-corrected chi connectivity index (χ1v) is 24.1. The van der Waals surface area contributed by atoms with Crippen molar-refractivity contribution in [1.29, 1.82) is 0 Å². The van der Waals surface area contributed by atoms with Crippen molar-refractivity contribution < 1.29 is 0 Å². The summed E-state index contributed by atoms with van der Waals surface area (Å²) in [6.45, 7) is 28.6. The van der Waals surface area contributed by atoms with Gasteiger partial charge in [-0.2, -0.15) is 0 Å². The predicted molar refractivity (Wildman–Crippen MR) is 267 cm³/mol. The second-order valence-corrected chi connectivity index (χ2v) is 23.7. The molecular formula is C58H73BN2. The van der Waals surface area contributed by atoms with E-state index in [1.54, 1.807) is 11.1 Å². The van der Waals surface area contributed by atoms with Gasteiger partial charge < -0.3 is 9.80 Å². The minimum Gasteiger partial charge on any atom is -0.311 e. The van der Waals surface area contributed by atoms with E-state index < -0.39 is 0 Å². The molecule has 4 aliphatic rings. The highest BCUT2D eigenvalue weighted by molar-refractivity contribution is 7.00. The third kappa shape index (κ3) is 7.80. The van der Waals surface area contributed by atoms with E-state index in [4.69, 9.17) is 0 Å². The topological polar surface area (TPSA) is 6.48 Å². The van der Waals surface area contributed by atoms with Crippen LogP contribution < -0.4 is 26.2 Å². The summed E-state index contributed by atoms with van der Waals surface area (Å²) < 4.78 is 0. The molecule has 2 aliphatic heterocycles. The van der Waals surface area contributed by atoms with Crippen molar-refractivity contribution in [2.75, 3.05) is 9.80 Å². The lowest BCUT2D eigenvalue weighted by Gasteiger charge is -2.45. The minimum absolute atomic E-state index is 0.00616. The molecule has 2 saturated carbocycles. The molecule has 0 N–H and O–H groups in total. The second kappa shape index (κ2) is 15.2. The smallest absolute Gasteiger partial charge is 0.252 e. The van der Waals surface area contributed by atoms with Crippen LogP contribution in [0, 0.1) is 0 Å². The minimum atomic E-state index is 0.00616. The molecule has 2 aliphatic carbocycles. The van der Waals surface area contributed by atoms with Gasteiger partial charge in [-0.3, -0.25) is 0 Å². The summed E-state index contributed by atoms with van der Waals surface area (Å²) in [6.07, 6.45) is 13.3. The van der Waals surface area contributed by atoms with Crippen LogP contribution in [0.25, 0.3) is 0 Å². The van der Waals surface area contributed by atoms with Gasteiger partial charge in [0, 0.05) is 34.1 Å². The summed E-state index contributed by atoms with van der Waals surface area (Å²) >= 11 is 0. The molecule has 2 nitrogen and oxygen atoms in total. The molecule has 9 rings (SSSR count). The lowest BCUT2D eigenvalue weighted by Crippen LogP contribution is -2.61. The summed E-state index contributed by atoms with van der Waals surface area (Å²) in [4.78, 5) is 5.33. The zero-order valence-electron chi connectivity index (χ0n) is 39.9. The lowest BCUT2D eigenvalue weighted by molar-refractivity contribution is 0.444. The van der Waals surface area contributed by atoms with Crippen molar-refractivity contribution in [2.45, 2.75) is 181 Å². The molecule has 0 radical (unpaired) electrons. The molecule has 0 spiro atoms. The van der Waals surface area contributed by atoms with Crippen molar-refractivity contribution in [3.8, 4) is 0 Å². The van der Waals surface area contributed by atoms with Crippen molar-refractivity contribution in [3.05, 3.63) is 124 Å². The Balaban J connectivity index is 1.36. The summed E-state index contributed by atoms with van der Waals surface area (Å²) in [7, 11) is 0. The van der Waals surface area contributed by atoms with Gasteiger partial charge in [0.25, 0.3) is 6.71 Å². The van der Waals surface area contributed by atoms with Crippen LogP contribution in [0.15, 0.2) is 91.0 Å². The molecule has 0 atom stereocenters. The van der Waals surface area contributed by atoms with Gasteiger partial charge in [0.1, 0.15) is 0 Å². The summed E-state index contributed by atoms with van der Waals surface area (Å²) in [6, 6.07) is 37.6. The van der Waals surface area contributed by atoms with E-state index in [0.717, 1.165) is 0 Å². The molecule has 5 aromatic rings. The molecule has 0 saturated heterocycles. The molecule has 61 heavy (non-hydrogen) atoms. The van der Waals surface area contributed by atoms with E-state index in [0.29, 0.717) is 11.8 Å². The van der Waals surface area contributed by atoms with Crippen molar-refractivity contribution in [2.24, 2.45) is 0 Å². The number of fused-ring (bicyclic) bond motifs is 4. The summed E-state index contributed by atoms with van der Waals surface area (Å²) in [5.74, 6) is 1.26. The maximum absolute atomic E-state index is 2.69. The highest BCUT2D eigenvalue weighted by atomic mass is 15.2. The zero-order chi connectivity index (χ0) is 43.2. The average Bonchev–Trinajstić information content (AvgIpc) is 3.22. The van der Waals surface area contributed by atoms with Crippen LogP contribution in [0.5, 0.6) is 0 Å². The van der Waals surface area contributed by atoms with E-state index in [2.05, 4.69) is 184 Å². The fourth-order valence-corrected chi connectivity index (χ4v) is 11.1. The van der Waals surface area contributed by atoms with Gasteiger partial charge in [-0.15, -0.1) is 0 Å². The average molecular weight is 809 g/mol. The van der Waals surface area contributed by atoms with Crippen LogP contribution in [0.2, 0.25) is 0 Å². The number of benzene rings is 5. The van der Waals surface area contributed by atoms with Gasteiger partial charge >= 0.3 is 0 Å². The largest absolute Gasteiger partial charge is 0.311 e. The Morgan fingerprint density at radius 1 is 0.393 bits per heavy atom. The lowest BCUT2D eigenvalue weighted by atomic mass is 9.33. The first kappa shape index (κ1) is 42.1. The maximum atomic E-state index is 2.69. The molecular weight excluding hydrogens is 735 g/mol. The monoisotopic (exact) mass is 809 g/mol. The normalized spacial score (nSPS) is 17.6. The van der Waals surface area contributed by atoms with E-state index in [1.807, 2.05) is 0 Å². The number of nitrogens with zero attached hydrogens (tertiary/aromatic N) is 2. The fraction of sp³-hybridized carbons (Fsp3) is 0.483. The van der Waals surface area contributed by atoms with Crippen molar-refractivity contribution >= 4 is 57.2 Å². The van der Waals surface area contributed by atoms with Gasteiger partial charge in [0.15, 0.2) is 0 Å². The molecule has 0 amide bonds. The molecule has 5 aromatic carbocycles. The highest BCUT2D eigenvalue weighted by Gasteiger charge is 2.44. The van der Waals surface area contributed by atoms with Gasteiger partial charge in [0.2, 0.25) is 0 Å². The Bertz CT molecular complexity index is 2220. The molecule has 318 valence electrons. The van der Waals surface area contributed by atoms with Crippen LogP contribution in [-0.2, 0) is 21.7 Å². The zero-order valence-corrected chi connectivity index (χ0v) is 39.9. The van der Waals surface area contributed by atoms with Crippen LogP contribution in [0.4, 0.5) is 34.1 Å². The van der Waals surface area contributed by atoms with Gasteiger partial charge in [-0.05, 0) is 157 Å². The van der Waals surface area contributed by atoms with Crippen LogP contribution in [0.1, 0.15) is 193 Å². The Labute approximate surface area is 370 Å². The molecule has 0 unspecified atom stereocenters. The maximum Gasteiger partial charge on any atom is 0.252 e. The Kier molecular flexibility index (Phi) is 10.5. The highest BCUT2D eigenvalue weighted by Crippen LogP contribution is 2.48. The number of anilines is 6. The Hall–Kier alpha value is -4.24. The molecule has 0 aromatic heterocycles. The Morgan fingerprint density at radius 3 is 1.07 bits per heavy atom. The predicted octanol–water partition coefficient (Wildman–Crippen LogP) is 15.1. The molecule has 2 fully saturated rings. The number of hydrogen-bond acceptors (Lipinski definition) is 2. The third-order valence-electron chi connectivity index (χ3n) is 15.0. The van der Waals surface area contributed by atoms with Gasteiger partial charge in [-0.1, -0.05) is 164 Å². The van der Waals surface area contributed by atoms with E-state index in [9.17, 15) is 0 Å². The third-order valence-corrected chi connectivity index (χ3v) is 15.0. The van der Waals surface area contributed by atoms with Crippen molar-refractivity contribution in [1.82, 2.24) is 0 Å². The van der Waals surface area contributed by atoms with E-state index >= 15 is 0 Å². The molecule has 3 heteroatoms. The van der Waals surface area contributed by atoms with Crippen LogP contribution >= 0.6 is 0 Å². The summed E-state index contributed by atoms with van der Waals surface area (Å²) in [5, 5.41) is 0. The first-order valence-electron chi connectivity index (χ1n) is 24.1.